The Labute approximate surface area is 106 Å². The van der Waals surface area contributed by atoms with Crippen molar-refractivity contribution in [3.8, 4) is 0 Å². The molecular formula is C13H18BrNO. The van der Waals surface area contributed by atoms with Gasteiger partial charge in [0.15, 0.2) is 0 Å². The van der Waals surface area contributed by atoms with Gasteiger partial charge in [0.1, 0.15) is 0 Å². The van der Waals surface area contributed by atoms with Gasteiger partial charge in [-0.2, -0.15) is 0 Å². The van der Waals surface area contributed by atoms with E-state index in [1.54, 1.807) is 0 Å². The molecule has 1 aromatic carbocycles. The van der Waals surface area contributed by atoms with Crippen molar-refractivity contribution in [3.63, 3.8) is 0 Å². The number of ether oxygens (including phenoxy) is 1. The van der Waals surface area contributed by atoms with Crippen molar-refractivity contribution < 1.29 is 4.74 Å². The van der Waals surface area contributed by atoms with Gasteiger partial charge in [-0.05, 0) is 37.5 Å². The average Bonchev–Trinajstić information content (AvgIpc) is 2.68. The molecule has 1 atom stereocenters. The summed E-state index contributed by atoms with van der Waals surface area (Å²) in [5.41, 5.74) is 2.74. The van der Waals surface area contributed by atoms with E-state index in [1.807, 2.05) is 0 Å². The molecule has 1 aromatic rings. The fourth-order valence-corrected chi connectivity index (χ4v) is 2.29. The minimum Gasteiger partial charge on any atom is -0.379 e. The van der Waals surface area contributed by atoms with Gasteiger partial charge in [-0.15, -0.1) is 0 Å². The highest BCUT2D eigenvalue weighted by molar-refractivity contribution is 9.10. The smallest absolute Gasteiger partial charge is 0.0646 e. The Hall–Kier alpha value is -0.380. The number of hydrogen-bond donors (Lipinski definition) is 1. The lowest BCUT2D eigenvalue weighted by atomic mass is 10.0. The Bertz CT molecular complexity index is 372. The molecule has 1 aliphatic rings. The van der Waals surface area contributed by atoms with Gasteiger partial charge in [0.05, 0.1) is 6.61 Å². The SMILES string of the molecule is Cc1ccc(CNC2(C)CCOC2)cc1Br. The number of halogens is 1. The maximum Gasteiger partial charge on any atom is 0.0646 e. The lowest BCUT2D eigenvalue weighted by Crippen LogP contribution is -2.42. The minimum absolute atomic E-state index is 0.150. The van der Waals surface area contributed by atoms with Crippen molar-refractivity contribution >= 4 is 15.9 Å². The molecule has 0 bridgehead atoms. The normalized spacial score (nSPS) is 24.9. The quantitative estimate of drug-likeness (QED) is 0.921. The summed E-state index contributed by atoms with van der Waals surface area (Å²) in [5.74, 6) is 0. The highest BCUT2D eigenvalue weighted by Gasteiger charge is 2.28. The Morgan fingerprint density at radius 1 is 1.50 bits per heavy atom. The molecule has 1 saturated heterocycles. The molecule has 1 heterocycles. The van der Waals surface area contributed by atoms with E-state index in [9.17, 15) is 0 Å². The van der Waals surface area contributed by atoms with E-state index in [1.165, 1.54) is 15.6 Å². The summed E-state index contributed by atoms with van der Waals surface area (Å²) in [6, 6.07) is 6.50. The molecular weight excluding hydrogens is 266 g/mol. The molecule has 88 valence electrons. The predicted octanol–water partition coefficient (Wildman–Crippen LogP) is 3.03. The topological polar surface area (TPSA) is 21.3 Å². The highest BCUT2D eigenvalue weighted by Crippen LogP contribution is 2.20. The molecule has 16 heavy (non-hydrogen) atoms. The molecule has 1 aliphatic heterocycles. The van der Waals surface area contributed by atoms with Gasteiger partial charge >= 0.3 is 0 Å². The number of nitrogens with one attached hydrogen (secondary N) is 1. The average molecular weight is 284 g/mol. The summed E-state index contributed by atoms with van der Waals surface area (Å²) in [5, 5.41) is 3.58. The van der Waals surface area contributed by atoms with Crippen LogP contribution in [0.2, 0.25) is 0 Å². The number of rotatable bonds is 3. The van der Waals surface area contributed by atoms with Crippen molar-refractivity contribution in [2.75, 3.05) is 13.2 Å². The Morgan fingerprint density at radius 3 is 2.94 bits per heavy atom. The molecule has 0 saturated carbocycles. The van der Waals surface area contributed by atoms with Gasteiger partial charge in [0.2, 0.25) is 0 Å². The van der Waals surface area contributed by atoms with E-state index in [-0.39, 0.29) is 5.54 Å². The van der Waals surface area contributed by atoms with Crippen molar-refractivity contribution in [2.45, 2.75) is 32.4 Å². The van der Waals surface area contributed by atoms with Crippen LogP contribution < -0.4 is 5.32 Å². The first-order valence-electron chi connectivity index (χ1n) is 5.67. The lowest BCUT2D eigenvalue weighted by molar-refractivity contribution is 0.171. The van der Waals surface area contributed by atoms with Crippen LogP contribution in [0.25, 0.3) is 0 Å². The molecule has 1 N–H and O–H groups in total. The molecule has 2 rings (SSSR count). The van der Waals surface area contributed by atoms with E-state index in [2.05, 4.69) is 53.3 Å². The second-order valence-corrected chi connectivity index (χ2v) is 5.65. The number of hydrogen-bond acceptors (Lipinski definition) is 2. The van der Waals surface area contributed by atoms with Crippen LogP contribution in [0.5, 0.6) is 0 Å². The Kier molecular flexibility index (Phi) is 3.67. The Morgan fingerprint density at radius 2 is 2.31 bits per heavy atom. The summed E-state index contributed by atoms with van der Waals surface area (Å²) < 4.78 is 6.60. The standard InChI is InChI=1S/C13H18BrNO/c1-10-3-4-11(7-12(10)14)8-15-13(2)5-6-16-9-13/h3-4,7,15H,5-6,8-9H2,1-2H3. The maximum atomic E-state index is 5.42. The fraction of sp³-hybridized carbons (Fsp3) is 0.538. The molecule has 3 heteroatoms. The van der Waals surface area contributed by atoms with Gasteiger partial charge in [-0.3, -0.25) is 0 Å². The van der Waals surface area contributed by atoms with Crippen LogP contribution in [0.1, 0.15) is 24.5 Å². The zero-order chi connectivity index (χ0) is 11.6. The fourth-order valence-electron chi connectivity index (χ4n) is 1.87. The van der Waals surface area contributed by atoms with E-state index in [0.717, 1.165) is 26.2 Å². The van der Waals surface area contributed by atoms with E-state index < -0.39 is 0 Å². The van der Waals surface area contributed by atoms with Crippen molar-refractivity contribution in [3.05, 3.63) is 33.8 Å². The third-order valence-corrected chi connectivity index (χ3v) is 4.03. The monoisotopic (exact) mass is 283 g/mol. The first-order valence-corrected chi connectivity index (χ1v) is 6.46. The lowest BCUT2D eigenvalue weighted by Gasteiger charge is -2.23. The van der Waals surface area contributed by atoms with Crippen LogP contribution in [-0.4, -0.2) is 18.8 Å². The second kappa shape index (κ2) is 4.86. The molecule has 0 aromatic heterocycles. The third kappa shape index (κ3) is 2.84. The molecule has 1 fully saturated rings. The Balaban J connectivity index is 1.96. The van der Waals surface area contributed by atoms with Gasteiger partial charge in [0, 0.05) is 23.2 Å². The van der Waals surface area contributed by atoms with Gasteiger partial charge in [0.25, 0.3) is 0 Å². The zero-order valence-corrected chi connectivity index (χ0v) is 11.4. The number of benzene rings is 1. The van der Waals surface area contributed by atoms with Crippen LogP contribution in [0.3, 0.4) is 0 Å². The van der Waals surface area contributed by atoms with Crippen LogP contribution in [0.4, 0.5) is 0 Å². The molecule has 0 radical (unpaired) electrons. The molecule has 0 amide bonds. The highest BCUT2D eigenvalue weighted by atomic mass is 79.9. The van der Waals surface area contributed by atoms with Gasteiger partial charge < -0.3 is 10.1 Å². The molecule has 2 nitrogen and oxygen atoms in total. The predicted molar refractivity (Wildman–Crippen MR) is 69.6 cm³/mol. The number of aryl methyl sites for hydroxylation is 1. The van der Waals surface area contributed by atoms with E-state index in [4.69, 9.17) is 4.74 Å². The molecule has 1 unspecified atom stereocenters. The minimum atomic E-state index is 0.150. The van der Waals surface area contributed by atoms with Crippen LogP contribution in [-0.2, 0) is 11.3 Å². The summed E-state index contributed by atoms with van der Waals surface area (Å²) in [6.07, 6.45) is 1.10. The largest absolute Gasteiger partial charge is 0.379 e. The van der Waals surface area contributed by atoms with Crippen molar-refractivity contribution in [2.24, 2.45) is 0 Å². The summed E-state index contributed by atoms with van der Waals surface area (Å²) in [4.78, 5) is 0. The zero-order valence-electron chi connectivity index (χ0n) is 9.85. The first-order chi connectivity index (χ1) is 7.59. The van der Waals surface area contributed by atoms with Crippen molar-refractivity contribution in [1.82, 2.24) is 5.32 Å². The summed E-state index contributed by atoms with van der Waals surface area (Å²) in [6.45, 7) is 6.93. The van der Waals surface area contributed by atoms with Crippen LogP contribution in [0, 0.1) is 6.92 Å². The van der Waals surface area contributed by atoms with Crippen LogP contribution in [0.15, 0.2) is 22.7 Å². The van der Waals surface area contributed by atoms with Crippen molar-refractivity contribution in [1.29, 1.82) is 0 Å². The molecule has 0 aliphatic carbocycles. The summed E-state index contributed by atoms with van der Waals surface area (Å²) >= 11 is 3.56. The maximum absolute atomic E-state index is 5.42. The summed E-state index contributed by atoms with van der Waals surface area (Å²) in [7, 11) is 0. The van der Waals surface area contributed by atoms with Gasteiger partial charge in [-0.1, -0.05) is 28.1 Å². The van der Waals surface area contributed by atoms with E-state index in [0.29, 0.717) is 0 Å². The third-order valence-electron chi connectivity index (χ3n) is 3.17. The molecule has 0 spiro atoms. The second-order valence-electron chi connectivity index (χ2n) is 4.80. The van der Waals surface area contributed by atoms with Crippen LogP contribution >= 0.6 is 15.9 Å². The van der Waals surface area contributed by atoms with E-state index >= 15 is 0 Å². The first kappa shape index (κ1) is 12.1. The van der Waals surface area contributed by atoms with Gasteiger partial charge in [-0.25, -0.2) is 0 Å².